The Morgan fingerprint density at radius 3 is 2.35 bits per heavy atom. The summed E-state index contributed by atoms with van der Waals surface area (Å²) in [7, 11) is 1.64. The third kappa shape index (κ3) is 3.62. The number of aliphatic hydroxyl groups is 1. The largest absolute Gasteiger partial charge is 0.497 e. The van der Waals surface area contributed by atoms with Crippen LogP contribution in [-0.4, -0.2) is 12.2 Å². The molecule has 0 radical (unpaired) electrons. The van der Waals surface area contributed by atoms with Crippen LogP contribution < -0.4 is 4.74 Å². The summed E-state index contributed by atoms with van der Waals surface area (Å²) in [6, 6.07) is 11.7. The standard InChI is InChI=1S/C16H16Br2O2/c1-10-7-15(18)13(9-14(10)17)16(19)8-11-3-5-12(20-2)6-4-11/h3-7,9,16,19H,8H2,1-2H3. The Hall–Kier alpha value is -0.840. The zero-order valence-electron chi connectivity index (χ0n) is 11.4. The van der Waals surface area contributed by atoms with Gasteiger partial charge in [0.2, 0.25) is 0 Å². The minimum Gasteiger partial charge on any atom is -0.497 e. The Bertz CT molecular complexity index is 594. The van der Waals surface area contributed by atoms with Crippen LogP contribution in [0.5, 0.6) is 5.75 Å². The number of aryl methyl sites for hydroxylation is 1. The molecule has 1 N–H and O–H groups in total. The SMILES string of the molecule is COc1ccc(CC(O)c2cc(Br)c(C)cc2Br)cc1. The van der Waals surface area contributed by atoms with E-state index in [1.807, 2.05) is 43.3 Å². The maximum Gasteiger partial charge on any atom is 0.118 e. The first-order chi connectivity index (χ1) is 9.51. The van der Waals surface area contributed by atoms with Gasteiger partial charge in [0.25, 0.3) is 0 Å². The second-order valence-corrected chi connectivity index (χ2v) is 6.40. The molecule has 1 atom stereocenters. The highest BCUT2D eigenvalue weighted by atomic mass is 79.9. The van der Waals surface area contributed by atoms with Crippen LogP contribution in [0.15, 0.2) is 45.3 Å². The number of rotatable bonds is 4. The fourth-order valence-corrected chi connectivity index (χ4v) is 3.10. The zero-order chi connectivity index (χ0) is 14.7. The van der Waals surface area contributed by atoms with Crippen molar-refractivity contribution in [3.8, 4) is 5.75 Å². The van der Waals surface area contributed by atoms with Crippen molar-refractivity contribution < 1.29 is 9.84 Å². The lowest BCUT2D eigenvalue weighted by Gasteiger charge is -2.15. The molecule has 0 amide bonds. The molecule has 4 heteroatoms. The van der Waals surface area contributed by atoms with E-state index in [-0.39, 0.29) is 0 Å². The summed E-state index contributed by atoms with van der Waals surface area (Å²) in [5.41, 5.74) is 3.09. The number of hydrogen-bond acceptors (Lipinski definition) is 2. The predicted molar refractivity (Wildman–Crippen MR) is 88.2 cm³/mol. The van der Waals surface area contributed by atoms with Crippen LogP contribution >= 0.6 is 31.9 Å². The van der Waals surface area contributed by atoms with Gasteiger partial charge in [-0.1, -0.05) is 44.0 Å². The molecule has 2 rings (SSSR count). The van der Waals surface area contributed by atoms with E-state index >= 15 is 0 Å². The van der Waals surface area contributed by atoms with Crippen LogP contribution in [0.1, 0.15) is 22.8 Å². The third-order valence-electron chi connectivity index (χ3n) is 3.23. The molecule has 0 saturated heterocycles. The second kappa shape index (κ2) is 6.74. The Balaban J connectivity index is 2.18. The van der Waals surface area contributed by atoms with Crippen LogP contribution in [0.2, 0.25) is 0 Å². The number of hydrogen-bond donors (Lipinski definition) is 1. The number of aliphatic hydroxyl groups excluding tert-OH is 1. The van der Waals surface area contributed by atoms with Gasteiger partial charge in [-0.25, -0.2) is 0 Å². The molecule has 0 bridgehead atoms. The zero-order valence-corrected chi connectivity index (χ0v) is 14.5. The van der Waals surface area contributed by atoms with Gasteiger partial charge in [0.1, 0.15) is 5.75 Å². The van der Waals surface area contributed by atoms with E-state index in [4.69, 9.17) is 4.74 Å². The van der Waals surface area contributed by atoms with E-state index in [2.05, 4.69) is 31.9 Å². The first-order valence-corrected chi connectivity index (χ1v) is 7.86. The highest BCUT2D eigenvalue weighted by Gasteiger charge is 2.14. The van der Waals surface area contributed by atoms with Gasteiger partial charge in [0.15, 0.2) is 0 Å². The molecule has 106 valence electrons. The summed E-state index contributed by atoms with van der Waals surface area (Å²) >= 11 is 7.02. The van der Waals surface area contributed by atoms with Gasteiger partial charge in [-0.3, -0.25) is 0 Å². The molecule has 0 saturated carbocycles. The monoisotopic (exact) mass is 398 g/mol. The van der Waals surface area contributed by atoms with Crippen LogP contribution in [0, 0.1) is 6.92 Å². The van der Waals surface area contributed by atoms with Crippen molar-refractivity contribution in [1.29, 1.82) is 0 Å². The fraction of sp³-hybridized carbons (Fsp3) is 0.250. The Morgan fingerprint density at radius 2 is 1.75 bits per heavy atom. The number of ether oxygens (including phenoxy) is 1. The summed E-state index contributed by atoms with van der Waals surface area (Å²) in [6.45, 7) is 2.02. The molecule has 1 unspecified atom stereocenters. The number of benzene rings is 2. The molecule has 0 aliphatic heterocycles. The maximum atomic E-state index is 10.4. The molecule has 2 aromatic carbocycles. The highest BCUT2D eigenvalue weighted by molar-refractivity contribution is 9.11. The Kier molecular flexibility index (Phi) is 5.24. The van der Waals surface area contributed by atoms with E-state index in [1.165, 1.54) is 0 Å². The van der Waals surface area contributed by atoms with Gasteiger partial charge >= 0.3 is 0 Å². The van der Waals surface area contributed by atoms with Gasteiger partial charge in [-0.2, -0.15) is 0 Å². The number of methoxy groups -OCH3 is 1. The molecule has 0 spiro atoms. The molecular formula is C16H16Br2O2. The van der Waals surface area contributed by atoms with E-state index in [1.54, 1.807) is 7.11 Å². The van der Waals surface area contributed by atoms with Crippen LogP contribution in [0.25, 0.3) is 0 Å². The quantitative estimate of drug-likeness (QED) is 0.799. The molecule has 0 aliphatic carbocycles. The summed E-state index contributed by atoms with van der Waals surface area (Å²) in [5, 5.41) is 10.4. The van der Waals surface area contributed by atoms with Gasteiger partial charge in [0.05, 0.1) is 13.2 Å². The smallest absolute Gasteiger partial charge is 0.118 e. The summed E-state index contributed by atoms with van der Waals surface area (Å²) < 4.78 is 7.06. The molecule has 0 aliphatic rings. The molecule has 0 heterocycles. The van der Waals surface area contributed by atoms with Crippen LogP contribution in [0.4, 0.5) is 0 Å². The average molecular weight is 400 g/mol. The summed E-state index contributed by atoms with van der Waals surface area (Å²) in [6.07, 6.45) is 0.0210. The lowest BCUT2D eigenvalue weighted by Crippen LogP contribution is -2.03. The minimum atomic E-state index is -0.547. The van der Waals surface area contributed by atoms with Crippen molar-refractivity contribution >= 4 is 31.9 Å². The molecular weight excluding hydrogens is 384 g/mol. The van der Waals surface area contributed by atoms with Crippen molar-refractivity contribution in [3.63, 3.8) is 0 Å². The van der Waals surface area contributed by atoms with Gasteiger partial charge in [-0.05, 0) is 47.9 Å². The molecule has 2 aromatic rings. The lowest BCUT2D eigenvalue weighted by atomic mass is 10.0. The molecule has 2 nitrogen and oxygen atoms in total. The van der Waals surface area contributed by atoms with Crippen molar-refractivity contribution in [3.05, 3.63) is 62.0 Å². The number of halogens is 2. The lowest BCUT2D eigenvalue weighted by molar-refractivity contribution is 0.177. The highest BCUT2D eigenvalue weighted by Crippen LogP contribution is 2.31. The second-order valence-electron chi connectivity index (χ2n) is 4.69. The van der Waals surface area contributed by atoms with Gasteiger partial charge < -0.3 is 9.84 Å². The van der Waals surface area contributed by atoms with Crippen molar-refractivity contribution in [2.75, 3.05) is 7.11 Å². The Labute approximate surface area is 136 Å². The maximum absolute atomic E-state index is 10.4. The first kappa shape index (κ1) is 15.5. The van der Waals surface area contributed by atoms with E-state index in [0.717, 1.165) is 31.4 Å². The summed E-state index contributed by atoms with van der Waals surface area (Å²) in [4.78, 5) is 0. The normalized spacial score (nSPS) is 12.2. The molecule has 0 fully saturated rings. The fourth-order valence-electron chi connectivity index (χ4n) is 2.01. The molecule has 0 aromatic heterocycles. The van der Waals surface area contributed by atoms with Crippen molar-refractivity contribution in [2.45, 2.75) is 19.4 Å². The van der Waals surface area contributed by atoms with Crippen molar-refractivity contribution in [2.24, 2.45) is 0 Å². The molecule has 20 heavy (non-hydrogen) atoms. The van der Waals surface area contributed by atoms with E-state index in [9.17, 15) is 5.11 Å². The van der Waals surface area contributed by atoms with Gasteiger partial charge in [0, 0.05) is 15.4 Å². The van der Waals surface area contributed by atoms with Gasteiger partial charge in [-0.15, -0.1) is 0 Å². The van der Waals surface area contributed by atoms with E-state index < -0.39 is 6.10 Å². The van der Waals surface area contributed by atoms with Crippen molar-refractivity contribution in [1.82, 2.24) is 0 Å². The minimum absolute atomic E-state index is 0.547. The third-order valence-corrected chi connectivity index (χ3v) is 4.77. The van der Waals surface area contributed by atoms with Crippen LogP contribution in [-0.2, 0) is 6.42 Å². The van der Waals surface area contributed by atoms with Crippen LogP contribution in [0.3, 0.4) is 0 Å². The van der Waals surface area contributed by atoms with E-state index in [0.29, 0.717) is 6.42 Å². The first-order valence-electron chi connectivity index (χ1n) is 6.28. The average Bonchev–Trinajstić information content (AvgIpc) is 2.43. The predicted octanol–water partition coefficient (Wildman–Crippen LogP) is 4.80. The topological polar surface area (TPSA) is 29.5 Å². The Morgan fingerprint density at radius 1 is 1.10 bits per heavy atom. The summed E-state index contributed by atoms with van der Waals surface area (Å²) in [5.74, 6) is 0.822.